The van der Waals surface area contributed by atoms with Crippen molar-refractivity contribution in [2.45, 2.75) is 6.42 Å². The van der Waals surface area contributed by atoms with E-state index in [4.69, 9.17) is 50.0 Å². The van der Waals surface area contributed by atoms with Crippen LogP contribution in [0.1, 0.15) is 6.42 Å². The van der Waals surface area contributed by atoms with Gasteiger partial charge < -0.3 is 20.5 Å². The zero-order valence-electron chi connectivity index (χ0n) is 14.3. The first-order chi connectivity index (χ1) is 12.1. The summed E-state index contributed by atoms with van der Waals surface area (Å²) in [6.45, 7) is 6.15. The van der Waals surface area contributed by atoms with E-state index in [1.807, 2.05) is 0 Å². The van der Waals surface area contributed by atoms with Crippen molar-refractivity contribution < 1.29 is 9.47 Å². The quantitative estimate of drug-likeness (QED) is 0.231. The van der Waals surface area contributed by atoms with Crippen LogP contribution in [0, 0.1) is 0 Å². The maximum absolute atomic E-state index is 6.05. The van der Waals surface area contributed by atoms with Gasteiger partial charge in [-0.3, -0.25) is 9.89 Å². The van der Waals surface area contributed by atoms with Gasteiger partial charge in [0, 0.05) is 31.2 Å². The van der Waals surface area contributed by atoms with E-state index in [9.17, 15) is 0 Å². The van der Waals surface area contributed by atoms with Crippen LogP contribution < -0.4 is 15.8 Å². The van der Waals surface area contributed by atoms with E-state index < -0.39 is 0 Å². The second-order valence-electron chi connectivity index (χ2n) is 5.55. The molecule has 26 heavy (non-hydrogen) atoms. The summed E-state index contributed by atoms with van der Waals surface area (Å²) < 4.78 is 10.9. The van der Waals surface area contributed by atoms with Crippen LogP contribution in [0.15, 0.2) is 17.1 Å². The lowest BCUT2D eigenvalue weighted by Crippen LogP contribution is -2.37. The standard InChI is InChI=1S/C16H23Cl3N4O2.HI/c17-12-10-13(18)15(14(19)11-12)25-7-3-22-16(20)21-2-1-4-23-5-8-24-9-6-23;/h10-11H,1-9H2,(H3,20,21,22);1H. The summed E-state index contributed by atoms with van der Waals surface area (Å²) >= 11 is 18.0. The van der Waals surface area contributed by atoms with Crippen molar-refractivity contribution >= 4 is 64.7 Å². The molecule has 1 aliphatic rings. The molecule has 1 aromatic rings. The summed E-state index contributed by atoms with van der Waals surface area (Å²) in [7, 11) is 0. The van der Waals surface area contributed by atoms with E-state index in [2.05, 4.69) is 15.2 Å². The Kier molecular flexibility index (Phi) is 12.0. The molecule has 2 rings (SSSR count). The van der Waals surface area contributed by atoms with Crippen molar-refractivity contribution in [3.63, 3.8) is 0 Å². The lowest BCUT2D eigenvalue weighted by atomic mass is 10.3. The van der Waals surface area contributed by atoms with Gasteiger partial charge in [-0.2, -0.15) is 0 Å². The van der Waals surface area contributed by atoms with Gasteiger partial charge >= 0.3 is 0 Å². The molecule has 1 fully saturated rings. The molecule has 0 spiro atoms. The van der Waals surface area contributed by atoms with Crippen molar-refractivity contribution in [3.8, 4) is 5.75 Å². The van der Waals surface area contributed by atoms with Gasteiger partial charge in [0.15, 0.2) is 11.7 Å². The molecule has 1 aliphatic heterocycles. The van der Waals surface area contributed by atoms with E-state index in [1.165, 1.54) is 0 Å². The number of rotatable bonds is 8. The molecule has 0 bridgehead atoms. The lowest BCUT2D eigenvalue weighted by molar-refractivity contribution is 0.0377. The Labute approximate surface area is 186 Å². The molecule has 1 heterocycles. The Balaban J connectivity index is 0.00000338. The Hall–Kier alpha value is -0.190. The molecule has 0 unspecified atom stereocenters. The third-order valence-corrected chi connectivity index (χ3v) is 4.42. The molecule has 1 saturated heterocycles. The Bertz CT molecular complexity index is 564. The van der Waals surface area contributed by atoms with Gasteiger partial charge in [0.05, 0.1) is 29.8 Å². The maximum Gasteiger partial charge on any atom is 0.188 e. The summed E-state index contributed by atoms with van der Waals surface area (Å²) in [5, 5.41) is 4.22. The number of guanidine groups is 1. The van der Waals surface area contributed by atoms with Gasteiger partial charge in [-0.05, 0) is 18.6 Å². The van der Waals surface area contributed by atoms with Crippen LogP contribution in [-0.2, 0) is 4.74 Å². The molecule has 3 N–H and O–H groups in total. The number of aliphatic imine (C=N–C) groups is 1. The van der Waals surface area contributed by atoms with Gasteiger partial charge in [-0.1, -0.05) is 34.8 Å². The molecule has 0 atom stereocenters. The Morgan fingerprint density at radius 1 is 1.23 bits per heavy atom. The van der Waals surface area contributed by atoms with Crippen LogP contribution in [0.2, 0.25) is 15.1 Å². The molecule has 0 aliphatic carbocycles. The summed E-state index contributed by atoms with van der Waals surface area (Å²) in [5.41, 5.74) is 5.83. The number of hydrogen-bond acceptors (Lipinski definition) is 4. The third-order valence-electron chi connectivity index (χ3n) is 3.64. The minimum absolute atomic E-state index is 0. The number of benzene rings is 1. The first-order valence-electron chi connectivity index (χ1n) is 8.17. The number of nitrogens with two attached hydrogens (primary N) is 1. The smallest absolute Gasteiger partial charge is 0.188 e. The lowest BCUT2D eigenvalue weighted by Gasteiger charge is -2.26. The van der Waals surface area contributed by atoms with E-state index in [1.54, 1.807) is 12.1 Å². The van der Waals surface area contributed by atoms with Crippen molar-refractivity contribution in [1.82, 2.24) is 10.2 Å². The number of nitrogens with one attached hydrogen (secondary N) is 1. The zero-order chi connectivity index (χ0) is 18.1. The molecular weight excluding hydrogens is 513 g/mol. The summed E-state index contributed by atoms with van der Waals surface area (Å²) in [4.78, 5) is 6.67. The minimum atomic E-state index is 0. The normalized spacial score (nSPS) is 15.4. The van der Waals surface area contributed by atoms with Crippen LogP contribution in [0.3, 0.4) is 0 Å². The molecule has 6 nitrogen and oxygen atoms in total. The predicted octanol–water partition coefficient (Wildman–Crippen LogP) is 3.27. The fourth-order valence-electron chi connectivity index (χ4n) is 2.37. The van der Waals surface area contributed by atoms with Gasteiger partial charge in [-0.25, -0.2) is 0 Å². The van der Waals surface area contributed by atoms with Crippen LogP contribution >= 0.6 is 58.8 Å². The molecule has 0 amide bonds. The van der Waals surface area contributed by atoms with Crippen LogP contribution in [-0.4, -0.2) is 63.4 Å². The summed E-state index contributed by atoms with van der Waals surface area (Å²) in [6.07, 6.45) is 0.967. The van der Waals surface area contributed by atoms with E-state index in [0.717, 1.165) is 39.3 Å². The van der Waals surface area contributed by atoms with Crippen molar-refractivity contribution in [1.29, 1.82) is 0 Å². The third kappa shape index (κ3) is 8.67. The Morgan fingerprint density at radius 3 is 2.54 bits per heavy atom. The Morgan fingerprint density at radius 2 is 1.88 bits per heavy atom. The first kappa shape index (κ1) is 23.8. The molecule has 0 radical (unpaired) electrons. The van der Waals surface area contributed by atoms with Gasteiger partial charge in [0.2, 0.25) is 0 Å². The van der Waals surface area contributed by atoms with Gasteiger partial charge in [0.1, 0.15) is 6.61 Å². The van der Waals surface area contributed by atoms with Crippen molar-refractivity contribution in [3.05, 3.63) is 27.2 Å². The van der Waals surface area contributed by atoms with Crippen LogP contribution in [0.4, 0.5) is 0 Å². The highest BCUT2D eigenvalue weighted by Crippen LogP contribution is 2.35. The molecule has 10 heteroatoms. The van der Waals surface area contributed by atoms with Crippen LogP contribution in [0.25, 0.3) is 0 Å². The molecule has 1 aromatic carbocycles. The van der Waals surface area contributed by atoms with Crippen molar-refractivity contribution in [2.75, 3.05) is 52.5 Å². The summed E-state index contributed by atoms with van der Waals surface area (Å²) in [6, 6.07) is 3.17. The molecule has 0 saturated carbocycles. The minimum Gasteiger partial charge on any atom is -0.489 e. The SMILES string of the molecule is I.NC(=NCCCN1CCOCC1)NCCOc1c(Cl)cc(Cl)cc1Cl. The number of halogens is 4. The molecule has 0 aromatic heterocycles. The largest absolute Gasteiger partial charge is 0.489 e. The van der Waals surface area contributed by atoms with Crippen LogP contribution in [0.5, 0.6) is 5.75 Å². The first-order valence-corrected chi connectivity index (χ1v) is 9.31. The maximum atomic E-state index is 6.05. The average Bonchev–Trinajstić information content (AvgIpc) is 2.58. The number of hydrogen-bond donors (Lipinski definition) is 2. The molecule has 148 valence electrons. The fraction of sp³-hybridized carbons (Fsp3) is 0.562. The van der Waals surface area contributed by atoms with Gasteiger partial charge in [-0.15, -0.1) is 24.0 Å². The number of nitrogens with zero attached hydrogens (tertiary/aromatic N) is 2. The van der Waals surface area contributed by atoms with Crippen molar-refractivity contribution in [2.24, 2.45) is 10.7 Å². The predicted molar refractivity (Wildman–Crippen MR) is 119 cm³/mol. The highest BCUT2D eigenvalue weighted by Gasteiger charge is 2.10. The monoisotopic (exact) mass is 536 g/mol. The van der Waals surface area contributed by atoms with E-state index in [-0.39, 0.29) is 24.0 Å². The second-order valence-corrected chi connectivity index (χ2v) is 6.80. The van der Waals surface area contributed by atoms with Gasteiger partial charge in [0.25, 0.3) is 0 Å². The summed E-state index contributed by atoms with van der Waals surface area (Å²) in [5.74, 6) is 0.814. The average molecular weight is 538 g/mol. The number of ether oxygens (including phenoxy) is 2. The second kappa shape index (κ2) is 13.1. The topological polar surface area (TPSA) is 72.1 Å². The van der Waals surface area contributed by atoms with E-state index >= 15 is 0 Å². The highest BCUT2D eigenvalue weighted by molar-refractivity contribution is 14.0. The van der Waals surface area contributed by atoms with E-state index in [0.29, 0.717) is 46.5 Å². The number of morpholine rings is 1. The highest BCUT2D eigenvalue weighted by atomic mass is 127. The zero-order valence-corrected chi connectivity index (χ0v) is 18.9. The molecular formula is C16H24Cl3IN4O2. The fourth-order valence-corrected chi connectivity index (χ4v) is 3.30.